The summed E-state index contributed by atoms with van der Waals surface area (Å²) in [7, 11) is 0. The summed E-state index contributed by atoms with van der Waals surface area (Å²) in [5.74, 6) is 2.13. The van der Waals surface area contributed by atoms with Crippen LogP contribution in [0.1, 0.15) is 60.8 Å². The quantitative estimate of drug-likeness (QED) is 0.746. The summed E-state index contributed by atoms with van der Waals surface area (Å²) in [5, 5.41) is 3.77. The Morgan fingerprint density at radius 2 is 1.72 bits per heavy atom. The molecule has 1 N–H and O–H groups in total. The summed E-state index contributed by atoms with van der Waals surface area (Å²) in [6.07, 6.45) is 4.62. The van der Waals surface area contributed by atoms with Crippen LogP contribution in [0.25, 0.3) is 0 Å². The second-order valence-corrected chi connectivity index (χ2v) is 6.51. The molecule has 18 heavy (non-hydrogen) atoms. The zero-order chi connectivity index (χ0) is 13.7. The van der Waals surface area contributed by atoms with Gasteiger partial charge in [0.1, 0.15) is 0 Å². The summed E-state index contributed by atoms with van der Waals surface area (Å²) in [4.78, 5) is 0. The first-order chi connectivity index (χ1) is 8.47. The van der Waals surface area contributed by atoms with Crippen molar-refractivity contribution in [2.24, 2.45) is 17.8 Å². The summed E-state index contributed by atoms with van der Waals surface area (Å²) < 4.78 is 6.01. The Morgan fingerprint density at radius 1 is 1.06 bits per heavy atom. The molecule has 0 aromatic carbocycles. The predicted molar refractivity (Wildman–Crippen MR) is 78.8 cm³/mol. The highest BCUT2D eigenvalue weighted by atomic mass is 16.5. The maximum atomic E-state index is 6.01. The van der Waals surface area contributed by atoms with Gasteiger partial charge in [0.2, 0.25) is 0 Å². The van der Waals surface area contributed by atoms with Gasteiger partial charge in [-0.3, -0.25) is 0 Å². The topological polar surface area (TPSA) is 21.3 Å². The van der Waals surface area contributed by atoms with Crippen molar-refractivity contribution in [3.63, 3.8) is 0 Å². The van der Waals surface area contributed by atoms with Crippen LogP contribution in [0.3, 0.4) is 0 Å². The first kappa shape index (κ1) is 16.0. The monoisotopic (exact) mass is 255 g/mol. The summed E-state index contributed by atoms with van der Waals surface area (Å²) in [6.45, 7) is 14.8. The van der Waals surface area contributed by atoms with Crippen molar-refractivity contribution in [1.29, 1.82) is 0 Å². The molecule has 0 spiro atoms. The molecule has 1 saturated heterocycles. The molecule has 1 fully saturated rings. The van der Waals surface area contributed by atoms with Gasteiger partial charge in [0.05, 0.1) is 12.2 Å². The van der Waals surface area contributed by atoms with Crippen LogP contribution in [0.4, 0.5) is 0 Å². The van der Waals surface area contributed by atoms with Crippen molar-refractivity contribution in [1.82, 2.24) is 5.32 Å². The molecule has 0 bridgehead atoms. The van der Waals surface area contributed by atoms with Crippen molar-refractivity contribution in [2.45, 2.75) is 79.1 Å². The Labute approximate surface area is 114 Å². The molecule has 1 aliphatic rings. The Kier molecular flexibility index (Phi) is 6.65. The van der Waals surface area contributed by atoms with Crippen molar-refractivity contribution < 1.29 is 4.74 Å². The molecule has 0 aliphatic carbocycles. The Bertz CT molecular complexity index is 229. The van der Waals surface area contributed by atoms with Crippen molar-refractivity contribution in [3.05, 3.63) is 0 Å². The van der Waals surface area contributed by atoms with E-state index < -0.39 is 0 Å². The maximum Gasteiger partial charge on any atom is 0.0597 e. The van der Waals surface area contributed by atoms with Gasteiger partial charge in [-0.2, -0.15) is 0 Å². The van der Waals surface area contributed by atoms with Gasteiger partial charge in [-0.1, -0.05) is 27.7 Å². The third-order valence-electron chi connectivity index (χ3n) is 4.50. The fraction of sp³-hybridized carbons (Fsp3) is 1.00. The van der Waals surface area contributed by atoms with Gasteiger partial charge in [-0.25, -0.2) is 0 Å². The number of hydrogen-bond donors (Lipinski definition) is 1. The first-order valence-corrected chi connectivity index (χ1v) is 7.86. The minimum Gasteiger partial charge on any atom is -0.375 e. The molecule has 2 heteroatoms. The van der Waals surface area contributed by atoms with Crippen LogP contribution in [0.5, 0.6) is 0 Å². The third-order valence-corrected chi connectivity index (χ3v) is 4.50. The van der Waals surface area contributed by atoms with Crippen LogP contribution in [-0.2, 0) is 4.74 Å². The Balaban J connectivity index is 2.62. The van der Waals surface area contributed by atoms with E-state index in [9.17, 15) is 0 Å². The zero-order valence-electron chi connectivity index (χ0n) is 13.2. The summed E-state index contributed by atoms with van der Waals surface area (Å²) >= 11 is 0. The van der Waals surface area contributed by atoms with Crippen molar-refractivity contribution in [3.8, 4) is 0 Å². The lowest BCUT2D eigenvalue weighted by molar-refractivity contribution is 0.0469. The molecule has 1 rings (SSSR count). The smallest absolute Gasteiger partial charge is 0.0597 e. The highest BCUT2D eigenvalue weighted by Gasteiger charge is 2.41. The van der Waals surface area contributed by atoms with E-state index in [4.69, 9.17) is 4.74 Å². The maximum absolute atomic E-state index is 6.01. The average Bonchev–Trinajstić information content (AvgIpc) is 2.54. The first-order valence-electron chi connectivity index (χ1n) is 7.86. The van der Waals surface area contributed by atoms with Gasteiger partial charge < -0.3 is 10.1 Å². The van der Waals surface area contributed by atoms with E-state index >= 15 is 0 Å². The van der Waals surface area contributed by atoms with Crippen LogP contribution < -0.4 is 5.32 Å². The molecule has 1 heterocycles. The molecular formula is C16H33NO. The van der Waals surface area contributed by atoms with E-state index in [1.807, 2.05) is 0 Å². The SMILES string of the molecule is CCCNC(CCC(C)C)C1C(C)OC(C)C1C. The number of ether oxygens (including phenoxy) is 1. The molecule has 0 amide bonds. The van der Waals surface area contributed by atoms with E-state index in [1.54, 1.807) is 0 Å². The normalized spacial score (nSPS) is 34.2. The molecule has 0 aromatic rings. The second kappa shape index (κ2) is 7.49. The second-order valence-electron chi connectivity index (χ2n) is 6.51. The lowest BCUT2D eigenvalue weighted by Crippen LogP contribution is -2.42. The van der Waals surface area contributed by atoms with E-state index in [0.29, 0.717) is 30.1 Å². The molecule has 5 atom stereocenters. The fourth-order valence-electron chi connectivity index (χ4n) is 3.26. The number of rotatable bonds is 7. The minimum absolute atomic E-state index is 0.400. The number of hydrogen-bond acceptors (Lipinski definition) is 2. The third kappa shape index (κ3) is 4.24. The van der Waals surface area contributed by atoms with Gasteiger partial charge in [0.15, 0.2) is 0 Å². The lowest BCUT2D eigenvalue weighted by atomic mass is 9.81. The minimum atomic E-state index is 0.400. The van der Waals surface area contributed by atoms with E-state index in [0.717, 1.165) is 12.5 Å². The standard InChI is InChI=1S/C16H33NO/c1-7-10-17-15(9-8-11(2)3)16-12(4)13(5)18-14(16)6/h11-17H,7-10H2,1-6H3. The number of nitrogens with one attached hydrogen (secondary N) is 1. The van der Waals surface area contributed by atoms with Crippen molar-refractivity contribution >= 4 is 0 Å². The van der Waals surface area contributed by atoms with Gasteiger partial charge in [0.25, 0.3) is 0 Å². The lowest BCUT2D eigenvalue weighted by Gasteiger charge is -2.30. The van der Waals surface area contributed by atoms with Crippen molar-refractivity contribution in [2.75, 3.05) is 6.54 Å². The van der Waals surface area contributed by atoms with Crippen LogP contribution in [0.15, 0.2) is 0 Å². The largest absolute Gasteiger partial charge is 0.375 e. The predicted octanol–water partition coefficient (Wildman–Crippen LogP) is 3.85. The molecule has 0 saturated carbocycles. The molecule has 0 aromatic heterocycles. The molecule has 0 radical (unpaired) electrons. The van der Waals surface area contributed by atoms with Gasteiger partial charge >= 0.3 is 0 Å². The molecule has 1 aliphatic heterocycles. The van der Waals surface area contributed by atoms with E-state index in [-0.39, 0.29) is 0 Å². The fourth-order valence-corrected chi connectivity index (χ4v) is 3.26. The summed E-state index contributed by atoms with van der Waals surface area (Å²) in [6, 6.07) is 0.627. The van der Waals surface area contributed by atoms with Crippen LogP contribution in [0, 0.1) is 17.8 Å². The van der Waals surface area contributed by atoms with Crippen LogP contribution in [-0.4, -0.2) is 24.8 Å². The van der Waals surface area contributed by atoms with Crippen LogP contribution >= 0.6 is 0 Å². The van der Waals surface area contributed by atoms with E-state index in [1.165, 1.54) is 19.3 Å². The summed E-state index contributed by atoms with van der Waals surface area (Å²) in [5.41, 5.74) is 0. The Hall–Kier alpha value is -0.0800. The van der Waals surface area contributed by atoms with Crippen LogP contribution in [0.2, 0.25) is 0 Å². The highest BCUT2D eigenvalue weighted by molar-refractivity contribution is 4.91. The zero-order valence-corrected chi connectivity index (χ0v) is 13.2. The highest BCUT2D eigenvalue weighted by Crippen LogP contribution is 2.36. The van der Waals surface area contributed by atoms with Gasteiger partial charge in [-0.05, 0) is 51.5 Å². The average molecular weight is 255 g/mol. The van der Waals surface area contributed by atoms with Gasteiger partial charge in [-0.15, -0.1) is 0 Å². The van der Waals surface area contributed by atoms with Gasteiger partial charge in [0, 0.05) is 12.0 Å². The van der Waals surface area contributed by atoms with E-state index in [2.05, 4.69) is 46.9 Å². The molecule has 5 unspecified atom stereocenters. The Morgan fingerprint density at radius 3 is 2.17 bits per heavy atom. The molecule has 108 valence electrons. The molecule has 2 nitrogen and oxygen atoms in total. The molecular weight excluding hydrogens is 222 g/mol.